The molecule has 3 aromatic carbocycles. The lowest BCUT2D eigenvalue weighted by Gasteiger charge is -2.31. The fraction of sp³-hybridized carbons (Fsp3) is 0.160. The fourth-order valence-electron chi connectivity index (χ4n) is 3.77. The van der Waals surface area contributed by atoms with E-state index < -0.39 is 6.04 Å². The van der Waals surface area contributed by atoms with Crippen LogP contribution in [-0.2, 0) is 0 Å². The zero-order chi connectivity index (χ0) is 21.8. The van der Waals surface area contributed by atoms with E-state index in [4.69, 9.17) is 4.74 Å². The van der Waals surface area contributed by atoms with E-state index in [1.165, 1.54) is 11.8 Å². The Hall–Kier alpha value is -3.38. The van der Waals surface area contributed by atoms with Gasteiger partial charge in [0.15, 0.2) is 11.5 Å². The maximum atomic E-state index is 12.7. The third-order valence-electron chi connectivity index (χ3n) is 5.13. The van der Waals surface area contributed by atoms with Gasteiger partial charge < -0.3 is 20.5 Å². The Morgan fingerprint density at radius 1 is 1.00 bits per heavy atom. The molecule has 1 atom stereocenters. The van der Waals surface area contributed by atoms with Gasteiger partial charge in [0, 0.05) is 5.57 Å². The standard InChI is InChI=1S/C25H24N2O3S/c1-3-30-19-14-18(15-20(31-2)24(19)28)23-21(16-10-6-4-7-11-16)22(26-25(29)27-23)17-12-8-5-9-13-17/h4-15,23,28H,3H2,1-2H3,(H2,26,27,29). The largest absolute Gasteiger partial charge is 0.503 e. The summed E-state index contributed by atoms with van der Waals surface area (Å²) in [4.78, 5) is 13.4. The van der Waals surface area contributed by atoms with E-state index in [9.17, 15) is 9.90 Å². The molecule has 0 saturated heterocycles. The molecule has 3 N–H and O–H groups in total. The first-order valence-corrected chi connectivity index (χ1v) is 11.3. The van der Waals surface area contributed by atoms with Crippen LogP contribution in [0.25, 0.3) is 11.3 Å². The summed E-state index contributed by atoms with van der Waals surface area (Å²) in [5, 5.41) is 16.6. The quantitative estimate of drug-likeness (QED) is 0.454. The van der Waals surface area contributed by atoms with Crippen LogP contribution in [0, 0.1) is 0 Å². The summed E-state index contributed by atoms with van der Waals surface area (Å²) >= 11 is 1.43. The van der Waals surface area contributed by atoms with Crippen molar-refractivity contribution in [1.82, 2.24) is 10.6 Å². The molecule has 0 aliphatic carbocycles. The van der Waals surface area contributed by atoms with Crippen molar-refractivity contribution in [3.63, 3.8) is 0 Å². The van der Waals surface area contributed by atoms with Crippen LogP contribution in [-0.4, -0.2) is 24.0 Å². The highest BCUT2D eigenvalue weighted by Crippen LogP contribution is 2.43. The number of benzene rings is 3. The minimum absolute atomic E-state index is 0.117. The summed E-state index contributed by atoms with van der Waals surface area (Å²) in [6.07, 6.45) is 1.90. The highest BCUT2D eigenvalue weighted by Gasteiger charge is 2.31. The van der Waals surface area contributed by atoms with Crippen LogP contribution in [0.15, 0.2) is 77.7 Å². The SMILES string of the molecule is CCOc1cc(C2NC(=O)NC(c3ccccc3)=C2c2ccccc2)cc(SC)c1O. The molecule has 31 heavy (non-hydrogen) atoms. The Morgan fingerprint density at radius 3 is 2.26 bits per heavy atom. The van der Waals surface area contributed by atoms with Crippen LogP contribution >= 0.6 is 11.8 Å². The molecule has 1 aliphatic heterocycles. The number of carbonyl (C=O) groups is 1. The topological polar surface area (TPSA) is 70.6 Å². The molecule has 1 unspecified atom stereocenters. The summed E-state index contributed by atoms with van der Waals surface area (Å²) < 4.78 is 5.68. The lowest BCUT2D eigenvalue weighted by Crippen LogP contribution is -2.43. The molecule has 4 rings (SSSR count). The molecule has 158 valence electrons. The summed E-state index contributed by atoms with van der Waals surface area (Å²) in [7, 11) is 0. The van der Waals surface area contributed by atoms with Gasteiger partial charge >= 0.3 is 6.03 Å². The number of phenolic OH excluding ortho intramolecular Hbond substituents is 1. The Morgan fingerprint density at radius 2 is 1.65 bits per heavy atom. The lowest BCUT2D eigenvalue weighted by molar-refractivity contribution is 0.242. The van der Waals surface area contributed by atoms with Gasteiger partial charge in [-0.1, -0.05) is 60.7 Å². The molecule has 3 aromatic rings. The maximum Gasteiger partial charge on any atom is 0.320 e. The number of phenols is 1. The minimum Gasteiger partial charge on any atom is -0.503 e. The number of aromatic hydroxyl groups is 1. The second-order valence-corrected chi connectivity index (χ2v) is 7.90. The molecular weight excluding hydrogens is 408 g/mol. The van der Waals surface area contributed by atoms with Crippen LogP contribution in [0.3, 0.4) is 0 Å². The van der Waals surface area contributed by atoms with Crippen LogP contribution < -0.4 is 15.4 Å². The van der Waals surface area contributed by atoms with Crippen molar-refractivity contribution in [3.8, 4) is 11.5 Å². The van der Waals surface area contributed by atoms with Gasteiger partial charge in [-0.25, -0.2) is 4.79 Å². The molecule has 0 bridgehead atoms. The van der Waals surface area contributed by atoms with E-state index in [0.717, 1.165) is 28.0 Å². The summed E-state index contributed by atoms with van der Waals surface area (Å²) in [6.45, 7) is 2.31. The maximum absolute atomic E-state index is 12.7. The van der Waals surface area contributed by atoms with E-state index in [1.807, 2.05) is 79.9 Å². The van der Waals surface area contributed by atoms with Gasteiger partial charge in [0.05, 0.1) is 23.2 Å². The van der Waals surface area contributed by atoms with Crippen molar-refractivity contribution < 1.29 is 14.6 Å². The van der Waals surface area contributed by atoms with E-state index in [2.05, 4.69) is 10.6 Å². The number of thioether (sulfide) groups is 1. The van der Waals surface area contributed by atoms with Gasteiger partial charge in [0.25, 0.3) is 0 Å². The molecule has 2 amide bonds. The number of rotatable bonds is 6. The molecule has 1 aliphatic rings. The number of nitrogens with one attached hydrogen (secondary N) is 2. The number of carbonyl (C=O) groups excluding carboxylic acids is 1. The van der Waals surface area contributed by atoms with Gasteiger partial charge in [-0.3, -0.25) is 0 Å². The van der Waals surface area contributed by atoms with Gasteiger partial charge in [0.2, 0.25) is 0 Å². The van der Waals surface area contributed by atoms with Crippen LogP contribution in [0.5, 0.6) is 11.5 Å². The van der Waals surface area contributed by atoms with E-state index >= 15 is 0 Å². The zero-order valence-electron chi connectivity index (χ0n) is 17.4. The molecule has 0 spiro atoms. The van der Waals surface area contributed by atoms with Gasteiger partial charge in [0.1, 0.15) is 0 Å². The number of urea groups is 1. The van der Waals surface area contributed by atoms with Crippen LogP contribution in [0.4, 0.5) is 4.79 Å². The average molecular weight is 433 g/mol. The highest BCUT2D eigenvalue weighted by molar-refractivity contribution is 7.98. The Bertz CT molecular complexity index is 1110. The molecule has 0 aromatic heterocycles. The molecule has 5 nitrogen and oxygen atoms in total. The average Bonchev–Trinajstić information content (AvgIpc) is 2.81. The van der Waals surface area contributed by atoms with Gasteiger partial charge in [-0.15, -0.1) is 11.8 Å². The van der Waals surface area contributed by atoms with Crippen LogP contribution in [0.2, 0.25) is 0 Å². The molecule has 6 heteroatoms. The number of amides is 2. The summed E-state index contributed by atoms with van der Waals surface area (Å²) in [5.41, 5.74) is 4.47. The third kappa shape index (κ3) is 4.25. The minimum atomic E-state index is -0.419. The Balaban J connectivity index is 1.96. The monoisotopic (exact) mass is 432 g/mol. The second-order valence-electron chi connectivity index (χ2n) is 7.06. The fourth-order valence-corrected chi connectivity index (χ4v) is 4.31. The molecule has 0 saturated carbocycles. The van der Waals surface area contributed by atoms with Crippen LogP contribution in [0.1, 0.15) is 29.7 Å². The number of hydrogen-bond donors (Lipinski definition) is 3. The van der Waals surface area contributed by atoms with Gasteiger partial charge in [-0.2, -0.15) is 0 Å². The molecular formula is C25H24N2O3S. The zero-order valence-corrected chi connectivity index (χ0v) is 18.2. The second kappa shape index (κ2) is 9.18. The van der Waals surface area contributed by atoms with Crippen molar-refractivity contribution >= 4 is 29.1 Å². The van der Waals surface area contributed by atoms with Crippen molar-refractivity contribution in [2.24, 2.45) is 0 Å². The van der Waals surface area contributed by atoms with E-state index in [-0.39, 0.29) is 11.8 Å². The molecule has 1 heterocycles. The first-order valence-electron chi connectivity index (χ1n) is 10.1. The van der Waals surface area contributed by atoms with Crippen molar-refractivity contribution in [1.29, 1.82) is 0 Å². The number of ether oxygens (including phenoxy) is 1. The summed E-state index contributed by atoms with van der Waals surface area (Å²) in [6, 6.07) is 22.8. The lowest BCUT2D eigenvalue weighted by atomic mass is 9.88. The molecule has 0 fully saturated rings. The summed E-state index contributed by atoms with van der Waals surface area (Å²) in [5.74, 6) is 0.526. The highest BCUT2D eigenvalue weighted by atomic mass is 32.2. The Labute approximate surface area is 186 Å². The number of hydrogen-bond acceptors (Lipinski definition) is 4. The van der Waals surface area contributed by atoms with Crippen molar-refractivity contribution in [3.05, 3.63) is 89.5 Å². The van der Waals surface area contributed by atoms with E-state index in [1.54, 1.807) is 6.07 Å². The molecule has 0 radical (unpaired) electrons. The van der Waals surface area contributed by atoms with Crippen molar-refractivity contribution in [2.75, 3.05) is 12.9 Å². The van der Waals surface area contributed by atoms with E-state index in [0.29, 0.717) is 17.3 Å². The normalized spacial score (nSPS) is 15.9. The predicted molar refractivity (Wildman–Crippen MR) is 125 cm³/mol. The smallest absolute Gasteiger partial charge is 0.320 e. The first-order chi connectivity index (χ1) is 15.1. The van der Waals surface area contributed by atoms with Gasteiger partial charge in [-0.05, 0) is 42.0 Å². The third-order valence-corrected chi connectivity index (χ3v) is 5.89. The Kier molecular flexibility index (Phi) is 6.18. The first kappa shape index (κ1) is 20.9. The predicted octanol–water partition coefficient (Wildman–Crippen LogP) is 5.44. The van der Waals surface area contributed by atoms with Crippen molar-refractivity contribution in [2.45, 2.75) is 17.9 Å².